The van der Waals surface area contributed by atoms with Gasteiger partial charge in [-0.05, 0) is 60.0 Å². The second-order valence-corrected chi connectivity index (χ2v) is 14.0. The lowest BCUT2D eigenvalue weighted by Crippen LogP contribution is -3.00. The summed E-state index contributed by atoms with van der Waals surface area (Å²) in [7, 11) is -4.37. The van der Waals surface area contributed by atoms with Gasteiger partial charge in [-0.25, -0.2) is 9.36 Å². The summed E-state index contributed by atoms with van der Waals surface area (Å²) in [5.74, 6) is -2.20. The number of carbonyl (C=O) groups is 3. The highest BCUT2D eigenvalue weighted by molar-refractivity contribution is 7.55. The third-order valence-electron chi connectivity index (χ3n) is 7.96. The smallest absolute Gasteiger partial charge is 0.457 e. The van der Waals surface area contributed by atoms with Gasteiger partial charge < -0.3 is 42.1 Å². The highest BCUT2D eigenvalue weighted by atomic mass is 35.5. The van der Waals surface area contributed by atoms with Crippen molar-refractivity contribution in [3.05, 3.63) is 168 Å². The van der Waals surface area contributed by atoms with Crippen LogP contribution >= 0.6 is 7.60 Å². The van der Waals surface area contributed by atoms with E-state index in [-0.39, 0.29) is 42.8 Å². The Morgan fingerprint density at radius 3 is 1.65 bits per heavy atom. The molecule has 5 rings (SSSR count). The molecule has 0 aliphatic heterocycles. The number of rotatable bonds is 16. The van der Waals surface area contributed by atoms with Crippen LogP contribution in [0.1, 0.15) is 35.0 Å². The fourth-order valence-corrected chi connectivity index (χ4v) is 7.09. The number of ether oxygens (including phenoxy) is 1. The zero-order valence-electron chi connectivity index (χ0n) is 29.3. The third-order valence-corrected chi connectivity index (χ3v) is 9.95. The van der Waals surface area contributed by atoms with Crippen molar-refractivity contribution in [2.24, 2.45) is 5.73 Å². The first-order valence-electron chi connectivity index (χ1n) is 16.8. The van der Waals surface area contributed by atoms with Gasteiger partial charge in [0, 0.05) is 6.42 Å². The second kappa shape index (κ2) is 19.7. The van der Waals surface area contributed by atoms with Crippen LogP contribution in [0, 0.1) is 0 Å². The van der Waals surface area contributed by atoms with Crippen LogP contribution < -0.4 is 48.5 Å². The van der Waals surface area contributed by atoms with Gasteiger partial charge in [-0.15, -0.1) is 0 Å². The van der Waals surface area contributed by atoms with Crippen molar-refractivity contribution < 1.29 is 50.5 Å². The summed E-state index contributed by atoms with van der Waals surface area (Å²) in [5.41, 5.74) is 8.20. The van der Waals surface area contributed by atoms with E-state index in [4.69, 9.17) is 24.9 Å². The molecule has 0 aliphatic rings. The van der Waals surface area contributed by atoms with Crippen molar-refractivity contribution in [1.29, 1.82) is 0 Å². The molecule has 0 fully saturated rings. The number of nitrogens with one attached hydrogen (secondary N) is 3. The van der Waals surface area contributed by atoms with Crippen molar-refractivity contribution in [2.45, 2.75) is 37.8 Å². The van der Waals surface area contributed by atoms with Crippen molar-refractivity contribution in [3.8, 4) is 11.5 Å². The number of nitrogens with two attached hydrogens (primary N) is 2. The van der Waals surface area contributed by atoms with E-state index in [2.05, 4.69) is 16.0 Å². The van der Waals surface area contributed by atoms with E-state index in [1.54, 1.807) is 84.9 Å². The number of amidine groups is 1. The molecule has 1 unspecified atom stereocenters. The topological polar surface area (TPSA) is 184 Å². The van der Waals surface area contributed by atoms with Crippen LogP contribution in [0.5, 0.6) is 11.5 Å². The maximum atomic E-state index is 15.0. The molecule has 0 bridgehead atoms. The van der Waals surface area contributed by atoms with Crippen LogP contribution in [0.25, 0.3) is 0 Å². The van der Waals surface area contributed by atoms with Gasteiger partial charge >= 0.3 is 13.7 Å². The number of halogens is 1. The minimum absolute atomic E-state index is 0. The normalized spacial score (nSPS) is 12.4. The van der Waals surface area contributed by atoms with Gasteiger partial charge in [0.05, 0.1) is 5.56 Å². The van der Waals surface area contributed by atoms with Crippen LogP contribution in [0.3, 0.4) is 0 Å². The van der Waals surface area contributed by atoms with E-state index < -0.39 is 43.4 Å². The second-order valence-electron chi connectivity index (χ2n) is 12.0. The Morgan fingerprint density at radius 2 is 1.15 bits per heavy atom. The number of hydrogen-bond acceptors (Lipinski definition) is 7. The zero-order valence-corrected chi connectivity index (χ0v) is 31.0. The Hall–Kier alpha value is -6.10. The summed E-state index contributed by atoms with van der Waals surface area (Å²) in [6, 6.07) is 39.2. The molecule has 7 N–H and O–H groups in total. The molecule has 3 amide bonds. The molecule has 5 aromatic rings. The van der Waals surface area contributed by atoms with E-state index in [9.17, 15) is 18.9 Å². The number of carbonyl (C=O) groups excluding carboxylic acids is 3. The highest BCUT2D eigenvalue weighted by Crippen LogP contribution is 2.59. The highest BCUT2D eigenvalue weighted by Gasteiger charge is 2.43. The SMILES string of the molecule is C[C@H](NC(=O)[C@H](Cc1ccccc1)NC(=O)OCc1ccccc1)C(=O)NC(c1ccc(C(N)=[NH2+])cc1)P(=O)(Oc1ccccc1)Oc1ccccc1.[Cl-]. The minimum atomic E-state index is -4.37. The summed E-state index contributed by atoms with van der Waals surface area (Å²) in [6.45, 7) is 1.46. The molecule has 0 radical (unpaired) electrons. The maximum Gasteiger partial charge on any atom is 0.457 e. The molecule has 54 heavy (non-hydrogen) atoms. The van der Waals surface area contributed by atoms with Crippen molar-refractivity contribution in [3.63, 3.8) is 0 Å². The van der Waals surface area contributed by atoms with E-state index in [1.807, 2.05) is 60.7 Å². The fourth-order valence-electron chi connectivity index (χ4n) is 5.19. The molecule has 0 saturated heterocycles. The molecule has 0 aromatic heterocycles. The Bertz CT molecular complexity index is 1980. The molecule has 0 saturated carbocycles. The van der Waals surface area contributed by atoms with Gasteiger partial charge in [-0.1, -0.05) is 109 Å². The van der Waals surface area contributed by atoms with Crippen LogP contribution in [-0.2, 0) is 31.9 Å². The average Bonchev–Trinajstić information content (AvgIpc) is 3.17. The Balaban J connectivity index is 0.00000650. The van der Waals surface area contributed by atoms with Crippen molar-refractivity contribution >= 4 is 31.3 Å². The lowest BCUT2D eigenvalue weighted by Gasteiger charge is -2.29. The fraction of sp³-hybridized carbons (Fsp3) is 0.150. The van der Waals surface area contributed by atoms with Gasteiger partial charge in [0.25, 0.3) is 5.84 Å². The minimum Gasteiger partial charge on any atom is -1.00 e. The Morgan fingerprint density at radius 1 is 0.667 bits per heavy atom. The van der Waals surface area contributed by atoms with E-state index in [0.717, 1.165) is 11.1 Å². The molecule has 5 aromatic carbocycles. The lowest BCUT2D eigenvalue weighted by atomic mass is 10.0. The lowest BCUT2D eigenvalue weighted by molar-refractivity contribution is -0.129. The maximum absolute atomic E-state index is 15.0. The van der Waals surface area contributed by atoms with E-state index in [0.29, 0.717) is 11.1 Å². The van der Waals surface area contributed by atoms with Crippen LogP contribution in [0.2, 0.25) is 0 Å². The number of alkyl carbamates (subject to hydrolysis) is 1. The first-order valence-corrected chi connectivity index (χ1v) is 18.4. The summed E-state index contributed by atoms with van der Waals surface area (Å²) in [4.78, 5) is 40.5. The number of para-hydroxylation sites is 2. The molecular weight excluding hydrogens is 729 g/mol. The summed E-state index contributed by atoms with van der Waals surface area (Å²) < 4.78 is 32.5. The molecular formula is C40H41ClN5O7P. The monoisotopic (exact) mass is 769 g/mol. The van der Waals surface area contributed by atoms with Gasteiger partial charge in [0.1, 0.15) is 30.2 Å². The van der Waals surface area contributed by atoms with Gasteiger partial charge in [0.15, 0.2) is 5.78 Å². The number of amides is 3. The van der Waals surface area contributed by atoms with Gasteiger partial charge in [-0.2, -0.15) is 0 Å². The van der Waals surface area contributed by atoms with E-state index >= 15 is 0 Å². The Kier molecular flexibility index (Phi) is 14.8. The molecule has 12 nitrogen and oxygen atoms in total. The van der Waals surface area contributed by atoms with Gasteiger partial charge in [-0.3, -0.25) is 20.7 Å². The number of benzene rings is 5. The van der Waals surface area contributed by atoms with E-state index in [1.165, 1.54) is 6.92 Å². The van der Waals surface area contributed by atoms with Crippen molar-refractivity contribution in [2.75, 3.05) is 0 Å². The van der Waals surface area contributed by atoms with Crippen LogP contribution in [0.4, 0.5) is 4.79 Å². The molecule has 3 atom stereocenters. The summed E-state index contributed by atoms with van der Waals surface area (Å²) in [5, 5.41) is 13.9. The molecule has 14 heteroatoms. The summed E-state index contributed by atoms with van der Waals surface area (Å²) in [6.07, 6.45) is -0.694. The van der Waals surface area contributed by atoms with Crippen LogP contribution in [-0.4, -0.2) is 35.8 Å². The average molecular weight is 770 g/mol. The quantitative estimate of drug-likeness (QED) is 0.0571. The zero-order chi connectivity index (χ0) is 37.6. The first kappa shape index (κ1) is 40.7. The largest absolute Gasteiger partial charge is 1.00 e. The number of hydrogen-bond donors (Lipinski definition) is 5. The predicted octanol–water partition coefficient (Wildman–Crippen LogP) is 1.66. The van der Waals surface area contributed by atoms with Gasteiger partial charge in [0.2, 0.25) is 11.8 Å². The standard InChI is InChI=1S/C40H40N5O7P.ClH/c1-28(43-38(47)35(26-29-14-6-2-7-15-29)44-40(48)50-27-30-16-8-3-9-17-30)37(46)45-39(32-24-22-31(23-25-32)36(41)42)53(49,51-33-18-10-4-11-19-33)52-34-20-12-5-13-21-34;/h2-25,28,35,39H,26-27H2,1H3,(H3,41,42)(H,43,47)(H,44,48)(H,45,46);1H/t28-,35-,39?;/m0./s1. The van der Waals surface area contributed by atoms with Crippen molar-refractivity contribution in [1.82, 2.24) is 16.0 Å². The third kappa shape index (κ3) is 11.7. The molecule has 0 heterocycles. The Labute approximate surface area is 319 Å². The molecule has 0 spiro atoms. The van der Waals surface area contributed by atoms with Crippen LogP contribution in [0.15, 0.2) is 146 Å². The predicted molar refractivity (Wildman–Crippen MR) is 201 cm³/mol. The molecule has 0 aliphatic carbocycles. The first-order chi connectivity index (χ1) is 25.6. The molecule has 280 valence electrons. The summed E-state index contributed by atoms with van der Waals surface area (Å²) >= 11 is 0.